The molecule has 12 heavy (non-hydrogen) atoms. The SMILES string of the molecule is O=C[C@@H](Cc1ccccc1)NI. The fraction of sp³-hybridized carbons (Fsp3) is 0.222. The molecule has 1 aromatic rings. The lowest BCUT2D eigenvalue weighted by molar-refractivity contribution is -0.109. The molecule has 1 atom stereocenters. The van der Waals surface area contributed by atoms with Gasteiger partial charge in [-0.05, 0) is 12.0 Å². The van der Waals surface area contributed by atoms with Gasteiger partial charge in [-0.1, -0.05) is 30.3 Å². The van der Waals surface area contributed by atoms with Crippen molar-refractivity contribution in [1.82, 2.24) is 3.53 Å². The van der Waals surface area contributed by atoms with Gasteiger partial charge in [-0.15, -0.1) is 0 Å². The van der Waals surface area contributed by atoms with E-state index in [9.17, 15) is 4.79 Å². The van der Waals surface area contributed by atoms with Crippen LogP contribution in [0.3, 0.4) is 0 Å². The summed E-state index contributed by atoms with van der Waals surface area (Å²) in [6, 6.07) is 9.88. The van der Waals surface area contributed by atoms with Gasteiger partial charge in [-0.3, -0.25) is 3.53 Å². The van der Waals surface area contributed by atoms with E-state index < -0.39 is 0 Å². The molecule has 0 aliphatic heterocycles. The van der Waals surface area contributed by atoms with Crippen LogP contribution in [-0.2, 0) is 11.2 Å². The summed E-state index contributed by atoms with van der Waals surface area (Å²) in [4.78, 5) is 10.5. The van der Waals surface area contributed by atoms with Crippen molar-refractivity contribution in [2.45, 2.75) is 12.5 Å². The van der Waals surface area contributed by atoms with E-state index in [-0.39, 0.29) is 6.04 Å². The van der Waals surface area contributed by atoms with Crippen LogP contribution in [0.5, 0.6) is 0 Å². The Kier molecular flexibility index (Phi) is 4.24. The van der Waals surface area contributed by atoms with Gasteiger partial charge in [-0.25, -0.2) is 0 Å². The Morgan fingerprint density at radius 1 is 1.42 bits per heavy atom. The zero-order valence-electron chi connectivity index (χ0n) is 6.53. The molecule has 1 aromatic carbocycles. The van der Waals surface area contributed by atoms with Gasteiger partial charge in [0, 0.05) is 22.9 Å². The van der Waals surface area contributed by atoms with Crippen molar-refractivity contribution in [3.8, 4) is 0 Å². The van der Waals surface area contributed by atoms with Gasteiger partial charge in [-0.2, -0.15) is 0 Å². The first-order valence-corrected chi connectivity index (χ1v) is 4.80. The van der Waals surface area contributed by atoms with Gasteiger partial charge in [0.25, 0.3) is 0 Å². The Morgan fingerprint density at radius 3 is 2.58 bits per heavy atom. The molecular formula is C9H10INO. The summed E-state index contributed by atoms with van der Waals surface area (Å²) in [7, 11) is 0. The number of nitrogens with one attached hydrogen (secondary N) is 1. The van der Waals surface area contributed by atoms with Crippen LogP contribution in [-0.4, -0.2) is 12.3 Å². The fourth-order valence-corrected chi connectivity index (χ4v) is 1.35. The third-order valence-electron chi connectivity index (χ3n) is 1.60. The molecule has 0 saturated heterocycles. The van der Waals surface area contributed by atoms with E-state index in [1.54, 1.807) is 0 Å². The van der Waals surface area contributed by atoms with Crippen LogP contribution in [0.4, 0.5) is 0 Å². The van der Waals surface area contributed by atoms with Gasteiger partial charge >= 0.3 is 0 Å². The predicted octanol–water partition coefficient (Wildman–Crippen LogP) is 1.74. The third kappa shape index (κ3) is 2.91. The number of carbonyl (C=O) groups is 1. The number of hydrogen-bond acceptors (Lipinski definition) is 2. The highest BCUT2D eigenvalue weighted by atomic mass is 127. The quantitative estimate of drug-likeness (QED) is 0.515. The average molecular weight is 275 g/mol. The van der Waals surface area contributed by atoms with E-state index in [4.69, 9.17) is 0 Å². The summed E-state index contributed by atoms with van der Waals surface area (Å²) in [6.45, 7) is 0. The molecule has 0 radical (unpaired) electrons. The summed E-state index contributed by atoms with van der Waals surface area (Å²) in [5, 5.41) is 0. The normalized spacial score (nSPS) is 12.4. The largest absolute Gasteiger partial charge is 0.302 e. The summed E-state index contributed by atoms with van der Waals surface area (Å²) in [5.41, 5.74) is 1.18. The minimum Gasteiger partial charge on any atom is -0.302 e. The molecular weight excluding hydrogens is 265 g/mol. The Labute approximate surface area is 85.9 Å². The number of carbonyl (C=O) groups excluding carboxylic acids is 1. The lowest BCUT2D eigenvalue weighted by Crippen LogP contribution is -2.24. The Morgan fingerprint density at radius 2 is 2.08 bits per heavy atom. The highest BCUT2D eigenvalue weighted by molar-refractivity contribution is 14.1. The van der Waals surface area contributed by atoms with Gasteiger partial charge in [0.2, 0.25) is 0 Å². The van der Waals surface area contributed by atoms with E-state index in [2.05, 4.69) is 3.53 Å². The third-order valence-corrected chi connectivity index (χ3v) is 2.40. The molecule has 0 fully saturated rings. The molecule has 0 aliphatic carbocycles. The molecule has 0 spiro atoms. The number of rotatable bonds is 4. The average Bonchev–Trinajstić information content (AvgIpc) is 2.16. The maximum absolute atomic E-state index is 10.5. The summed E-state index contributed by atoms with van der Waals surface area (Å²) < 4.78 is 2.90. The van der Waals surface area contributed by atoms with E-state index in [0.717, 1.165) is 12.7 Å². The van der Waals surface area contributed by atoms with Crippen molar-refractivity contribution in [2.75, 3.05) is 0 Å². The summed E-state index contributed by atoms with van der Waals surface area (Å²) in [5.74, 6) is 0. The van der Waals surface area contributed by atoms with Crippen molar-refractivity contribution in [3.05, 3.63) is 35.9 Å². The second-order valence-corrected chi connectivity index (χ2v) is 3.16. The van der Waals surface area contributed by atoms with E-state index in [1.807, 2.05) is 53.2 Å². The minimum absolute atomic E-state index is 0.0759. The molecule has 0 saturated carbocycles. The predicted molar refractivity (Wildman–Crippen MR) is 57.2 cm³/mol. The second-order valence-electron chi connectivity index (χ2n) is 2.54. The van der Waals surface area contributed by atoms with Crippen LogP contribution in [0.15, 0.2) is 30.3 Å². The molecule has 0 aromatic heterocycles. The van der Waals surface area contributed by atoms with Crippen LogP contribution in [0, 0.1) is 0 Å². The zero-order chi connectivity index (χ0) is 8.81. The highest BCUT2D eigenvalue weighted by Crippen LogP contribution is 2.02. The first kappa shape index (κ1) is 9.67. The molecule has 0 amide bonds. The van der Waals surface area contributed by atoms with Crippen LogP contribution in [0.2, 0.25) is 0 Å². The molecule has 64 valence electrons. The standard InChI is InChI=1S/C9H10INO/c10-11-9(7-12)6-8-4-2-1-3-5-8/h1-5,7,9,11H,6H2/t9-/m1/s1. The number of halogens is 1. The minimum atomic E-state index is -0.0759. The Balaban J connectivity index is 2.56. The lowest BCUT2D eigenvalue weighted by Gasteiger charge is -2.06. The number of benzene rings is 1. The maximum atomic E-state index is 10.5. The van der Waals surface area contributed by atoms with Crippen molar-refractivity contribution in [3.63, 3.8) is 0 Å². The van der Waals surface area contributed by atoms with Crippen molar-refractivity contribution in [1.29, 1.82) is 0 Å². The van der Waals surface area contributed by atoms with E-state index >= 15 is 0 Å². The fourth-order valence-electron chi connectivity index (χ4n) is 0.980. The Bertz CT molecular complexity index is 238. The summed E-state index contributed by atoms with van der Waals surface area (Å²) in [6.07, 6.45) is 1.69. The van der Waals surface area contributed by atoms with Gasteiger partial charge < -0.3 is 4.79 Å². The second kappa shape index (κ2) is 5.27. The van der Waals surface area contributed by atoms with Crippen molar-refractivity contribution >= 4 is 29.2 Å². The maximum Gasteiger partial charge on any atom is 0.137 e. The van der Waals surface area contributed by atoms with Gasteiger partial charge in [0.05, 0.1) is 6.04 Å². The van der Waals surface area contributed by atoms with Gasteiger partial charge in [0.15, 0.2) is 0 Å². The molecule has 0 bridgehead atoms. The number of aldehydes is 1. The van der Waals surface area contributed by atoms with Crippen LogP contribution in [0.25, 0.3) is 0 Å². The zero-order valence-corrected chi connectivity index (χ0v) is 8.69. The van der Waals surface area contributed by atoms with Crippen molar-refractivity contribution < 1.29 is 4.79 Å². The molecule has 1 rings (SSSR count). The smallest absolute Gasteiger partial charge is 0.137 e. The molecule has 2 nitrogen and oxygen atoms in total. The molecule has 0 heterocycles. The van der Waals surface area contributed by atoms with Crippen LogP contribution in [0.1, 0.15) is 5.56 Å². The van der Waals surface area contributed by atoms with Crippen LogP contribution < -0.4 is 3.53 Å². The first-order chi connectivity index (χ1) is 5.86. The van der Waals surface area contributed by atoms with Crippen LogP contribution >= 0.6 is 22.9 Å². The highest BCUT2D eigenvalue weighted by Gasteiger charge is 2.04. The lowest BCUT2D eigenvalue weighted by atomic mass is 10.1. The molecule has 0 aliphatic rings. The summed E-state index contributed by atoms with van der Waals surface area (Å²) >= 11 is 2.00. The first-order valence-electron chi connectivity index (χ1n) is 3.72. The Hall–Kier alpha value is -0.420. The number of hydrogen-bond donors (Lipinski definition) is 1. The topological polar surface area (TPSA) is 29.1 Å². The molecule has 1 N–H and O–H groups in total. The molecule has 0 unspecified atom stereocenters. The van der Waals surface area contributed by atoms with Crippen molar-refractivity contribution in [2.24, 2.45) is 0 Å². The van der Waals surface area contributed by atoms with Gasteiger partial charge in [0.1, 0.15) is 6.29 Å². The molecule has 3 heteroatoms. The monoisotopic (exact) mass is 275 g/mol. The van der Waals surface area contributed by atoms with E-state index in [1.165, 1.54) is 5.56 Å². The van der Waals surface area contributed by atoms with E-state index in [0.29, 0.717) is 0 Å².